The van der Waals surface area contributed by atoms with Crippen LogP contribution in [0.25, 0.3) is 0 Å². The maximum atomic E-state index is 5.51. The second kappa shape index (κ2) is 5.98. The zero-order chi connectivity index (χ0) is 14.8. The van der Waals surface area contributed by atoms with E-state index in [1.165, 1.54) is 29.5 Å². The highest BCUT2D eigenvalue weighted by atomic mass is 16.5. The van der Waals surface area contributed by atoms with Crippen molar-refractivity contribution >= 4 is 0 Å². The van der Waals surface area contributed by atoms with Crippen LogP contribution in [0.1, 0.15) is 53.6 Å². The second-order valence-electron chi connectivity index (χ2n) is 6.15. The van der Waals surface area contributed by atoms with Gasteiger partial charge in [0.15, 0.2) is 5.82 Å². The standard InChI is InChI=1S/C17H23N3O/c1-11-7-12(2)9-13(8-11)10-16-19-17(21-20-16)14-5-4-6-15(14)18-3/h7-9,14-15,18H,4-6,10H2,1-3H3. The van der Waals surface area contributed by atoms with Gasteiger partial charge in [-0.15, -0.1) is 0 Å². The van der Waals surface area contributed by atoms with E-state index in [1.807, 2.05) is 7.05 Å². The Labute approximate surface area is 126 Å². The zero-order valence-electron chi connectivity index (χ0n) is 13.0. The van der Waals surface area contributed by atoms with Crippen LogP contribution in [0.5, 0.6) is 0 Å². The van der Waals surface area contributed by atoms with Gasteiger partial charge in [-0.2, -0.15) is 4.98 Å². The molecular formula is C17H23N3O. The molecule has 2 aromatic rings. The molecule has 1 fully saturated rings. The van der Waals surface area contributed by atoms with Crippen LogP contribution in [0, 0.1) is 13.8 Å². The maximum absolute atomic E-state index is 5.51. The van der Waals surface area contributed by atoms with E-state index in [1.54, 1.807) is 0 Å². The Hall–Kier alpha value is -1.68. The predicted molar refractivity (Wildman–Crippen MR) is 82.5 cm³/mol. The minimum Gasteiger partial charge on any atom is -0.339 e. The van der Waals surface area contributed by atoms with Crippen molar-refractivity contribution < 1.29 is 4.52 Å². The first-order valence-electron chi connectivity index (χ1n) is 7.72. The molecule has 2 unspecified atom stereocenters. The normalized spacial score (nSPS) is 21.9. The Balaban J connectivity index is 1.76. The third-order valence-corrected chi connectivity index (χ3v) is 4.33. The van der Waals surface area contributed by atoms with Gasteiger partial charge in [-0.1, -0.05) is 40.9 Å². The Morgan fingerprint density at radius 2 is 1.95 bits per heavy atom. The first-order chi connectivity index (χ1) is 10.2. The van der Waals surface area contributed by atoms with Crippen molar-refractivity contribution in [2.45, 2.75) is 51.5 Å². The van der Waals surface area contributed by atoms with Crippen molar-refractivity contribution in [2.24, 2.45) is 0 Å². The number of hydrogen-bond acceptors (Lipinski definition) is 4. The summed E-state index contributed by atoms with van der Waals surface area (Å²) < 4.78 is 5.51. The molecule has 112 valence electrons. The number of hydrogen-bond donors (Lipinski definition) is 1. The minimum absolute atomic E-state index is 0.371. The van der Waals surface area contributed by atoms with E-state index in [0.29, 0.717) is 12.0 Å². The number of nitrogens with one attached hydrogen (secondary N) is 1. The molecule has 1 aliphatic rings. The van der Waals surface area contributed by atoms with Gasteiger partial charge in [0.25, 0.3) is 0 Å². The van der Waals surface area contributed by atoms with Crippen LogP contribution in [0.15, 0.2) is 22.7 Å². The van der Waals surface area contributed by atoms with Gasteiger partial charge in [0.2, 0.25) is 5.89 Å². The molecule has 0 bridgehead atoms. The van der Waals surface area contributed by atoms with Gasteiger partial charge in [-0.05, 0) is 39.3 Å². The molecule has 0 saturated heterocycles. The Morgan fingerprint density at radius 1 is 1.19 bits per heavy atom. The summed E-state index contributed by atoms with van der Waals surface area (Å²) in [6, 6.07) is 7.03. The summed E-state index contributed by atoms with van der Waals surface area (Å²) in [6.07, 6.45) is 4.29. The molecule has 0 radical (unpaired) electrons. The van der Waals surface area contributed by atoms with Crippen LogP contribution in [0.3, 0.4) is 0 Å². The Bertz CT molecular complexity index is 600. The molecule has 1 heterocycles. The largest absolute Gasteiger partial charge is 0.339 e. The summed E-state index contributed by atoms with van der Waals surface area (Å²) in [5, 5.41) is 7.53. The van der Waals surface area contributed by atoms with Crippen LogP contribution >= 0.6 is 0 Å². The number of benzene rings is 1. The van der Waals surface area contributed by atoms with Crippen molar-refractivity contribution in [3.05, 3.63) is 46.6 Å². The summed E-state index contributed by atoms with van der Waals surface area (Å²) in [5.41, 5.74) is 3.80. The first kappa shape index (κ1) is 14.3. The molecule has 0 spiro atoms. The van der Waals surface area contributed by atoms with Gasteiger partial charge in [0, 0.05) is 12.5 Å². The minimum atomic E-state index is 0.371. The SMILES string of the molecule is CNC1CCCC1c1nc(Cc2cc(C)cc(C)c2)no1. The summed E-state index contributed by atoms with van der Waals surface area (Å²) in [6.45, 7) is 4.24. The maximum Gasteiger partial charge on any atom is 0.231 e. The van der Waals surface area contributed by atoms with Crippen molar-refractivity contribution in [1.82, 2.24) is 15.5 Å². The lowest BCUT2D eigenvalue weighted by Crippen LogP contribution is -2.27. The highest BCUT2D eigenvalue weighted by molar-refractivity contribution is 5.30. The van der Waals surface area contributed by atoms with E-state index < -0.39 is 0 Å². The fraction of sp³-hybridized carbons (Fsp3) is 0.529. The van der Waals surface area contributed by atoms with Crippen molar-refractivity contribution in [1.29, 1.82) is 0 Å². The molecule has 1 aromatic carbocycles. The zero-order valence-corrected chi connectivity index (χ0v) is 13.0. The second-order valence-corrected chi connectivity index (χ2v) is 6.15. The lowest BCUT2D eigenvalue weighted by molar-refractivity contribution is 0.332. The smallest absolute Gasteiger partial charge is 0.231 e. The van der Waals surface area contributed by atoms with Crippen molar-refractivity contribution in [3.8, 4) is 0 Å². The van der Waals surface area contributed by atoms with E-state index in [-0.39, 0.29) is 0 Å². The molecule has 3 rings (SSSR count). The monoisotopic (exact) mass is 285 g/mol. The highest BCUT2D eigenvalue weighted by Gasteiger charge is 2.31. The van der Waals surface area contributed by atoms with E-state index in [9.17, 15) is 0 Å². The van der Waals surface area contributed by atoms with Crippen molar-refractivity contribution in [3.63, 3.8) is 0 Å². The van der Waals surface area contributed by atoms with Gasteiger partial charge >= 0.3 is 0 Å². The number of aromatic nitrogens is 2. The fourth-order valence-electron chi connectivity index (χ4n) is 3.44. The molecule has 4 nitrogen and oxygen atoms in total. The summed E-state index contributed by atoms with van der Waals surface area (Å²) in [7, 11) is 2.01. The summed E-state index contributed by atoms with van der Waals surface area (Å²) in [5.74, 6) is 1.96. The lowest BCUT2D eigenvalue weighted by Gasteiger charge is -2.14. The van der Waals surface area contributed by atoms with Gasteiger partial charge in [0.1, 0.15) is 0 Å². The number of aryl methyl sites for hydroxylation is 2. The van der Waals surface area contributed by atoms with Gasteiger partial charge < -0.3 is 9.84 Å². The van der Waals surface area contributed by atoms with E-state index in [2.05, 4.69) is 47.5 Å². The van der Waals surface area contributed by atoms with Crippen LogP contribution < -0.4 is 5.32 Å². The van der Waals surface area contributed by atoms with Crippen LogP contribution in [-0.4, -0.2) is 23.2 Å². The molecule has 4 heteroatoms. The first-order valence-corrected chi connectivity index (χ1v) is 7.72. The molecule has 0 amide bonds. The summed E-state index contributed by atoms with van der Waals surface area (Å²) in [4.78, 5) is 4.63. The number of likely N-dealkylation sites (N-methyl/N-ethyl adjacent to an activating group) is 1. The number of rotatable bonds is 4. The molecule has 1 aromatic heterocycles. The van der Waals surface area contributed by atoms with E-state index >= 15 is 0 Å². The van der Waals surface area contributed by atoms with Crippen LogP contribution in [0.4, 0.5) is 0 Å². The van der Waals surface area contributed by atoms with Gasteiger partial charge in [-0.25, -0.2) is 0 Å². The quantitative estimate of drug-likeness (QED) is 0.937. The molecule has 1 aliphatic carbocycles. The van der Waals surface area contributed by atoms with Gasteiger partial charge in [-0.3, -0.25) is 0 Å². The molecule has 1 N–H and O–H groups in total. The van der Waals surface area contributed by atoms with Gasteiger partial charge in [0.05, 0.1) is 5.92 Å². The van der Waals surface area contributed by atoms with Crippen LogP contribution in [0.2, 0.25) is 0 Å². The molecule has 1 saturated carbocycles. The number of nitrogens with zero attached hydrogens (tertiary/aromatic N) is 2. The topological polar surface area (TPSA) is 51.0 Å². The molecule has 21 heavy (non-hydrogen) atoms. The molecule has 2 atom stereocenters. The molecule has 0 aliphatic heterocycles. The Morgan fingerprint density at radius 3 is 2.67 bits per heavy atom. The molecular weight excluding hydrogens is 262 g/mol. The predicted octanol–water partition coefficient (Wildman–Crippen LogP) is 3.13. The van der Waals surface area contributed by atoms with E-state index in [0.717, 1.165) is 24.6 Å². The summed E-state index contributed by atoms with van der Waals surface area (Å²) >= 11 is 0. The van der Waals surface area contributed by atoms with E-state index in [4.69, 9.17) is 4.52 Å². The van der Waals surface area contributed by atoms with Crippen LogP contribution in [-0.2, 0) is 6.42 Å². The van der Waals surface area contributed by atoms with Crippen molar-refractivity contribution in [2.75, 3.05) is 7.05 Å². The third kappa shape index (κ3) is 3.16. The highest BCUT2D eigenvalue weighted by Crippen LogP contribution is 2.33. The average Bonchev–Trinajstić information content (AvgIpc) is 3.05. The third-order valence-electron chi connectivity index (χ3n) is 4.33. The fourth-order valence-corrected chi connectivity index (χ4v) is 3.44. The average molecular weight is 285 g/mol. The Kier molecular flexibility index (Phi) is 4.06. The lowest BCUT2D eigenvalue weighted by atomic mass is 10.0.